The number of amides is 1. The number of halogens is 1. The van der Waals surface area contributed by atoms with E-state index in [9.17, 15) is 4.79 Å². The average Bonchev–Trinajstić information content (AvgIpc) is 1.68. The molecule has 0 aliphatic rings. The molecular formula is C3H6INOS. The summed E-state index contributed by atoms with van der Waals surface area (Å²) in [5, 5.41) is 0.0306. The van der Waals surface area contributed by atoms with Crippen LogP contribution in [0.2, 0.25) is 0 Å². The lowest BCUT2D eigenvalue weighted by Gasteiger charge is -1.88. The lowest BCUT2D eigenvalue weighted by Crippen LogP contribution is -2.02. The number of hydrogen-bond acceptors (Lipinski definition) is 2. The quantitative estimate of drug-likeness (QED) is 0.550. The van der Waals surface area contributed by atoms with Gasteiger partial charge in [-0.3, -0.25) is 8.32 Å². The molecule has 0 bridgehead atoms. The standard InChI is InChI=1S/C3H6INOS/c1-2-7-3(6)5-4/h2H2,1H3,(H,5,6). The van der Waals surface area contributed by atoms with E-state index in [1.54, 1.807) is 0 Å². The van der Waals surface area contributed by atoms with Crippen molar-refractivity contribution in [2.75, 3.05) is 5.75 Å². The smallest absolute Gasteiger partial charge is 0.287 e. The van der Waals surface area contributed by atoms with Crippen LogP contribution in [0.5, 0.6) is 0 Å². The Labute approximate surface area is 60.9 Å². The van der Waals surface area contributed by atoms with Crippen molar-refractivity contribution in [1.82, 2.24) is 3.53 Å². The third-order valence-electron chi connectivity index (χ3n) is 0.353. The number of hydrogen-bond donors (Lipinski definition) is 1. The summed E-state index contributed by atoms with van der Waals surface area (Å²) in [6.45, 7) is 1.94. The second-order valence-electron chi connectivity index (χ2n) is 0.815. The second-order valence-corrected chi connectivity index (χ2v) is 2.59. The van der Waals surface area contributed by atoms with Gasteiger partial charge in [0.1, 0.15) is 0 Å². The van der Waals surface area contributed by atoms with Crippen LogP contribution in [0.4, 0.5) is 4.79 Å². The number of nitrogens with one attached hydrogen (secondary N) is 1. The van der Waals surface area contributed by atoms with Crippen LogP contribution >= 0.6 is 34.6 Å². The first-order valence-electron chi connectivity index (χ1n) is 1.84. The van der Waals surface area contributed by atoms with Gasteiger partial charge in [-0.05, 0) is 5.75 Å². The Balaban J connectivity index is 3.00. The Morgan fingerprint density at radius 3 is 2.71 bits per heavy atom. The maximum atomic E-state index is 10.3. The molecule has 0 atom stereocenters. The van der Waals surface area contributed by atoms with Gasteiger partial charge in [0.15, 0.2) is 0 Å². The number of carbonyl (C=O) groups excluding carboxylic acids is 1. The minimum atomic E-state index is 0.0306. The predicted octanol–water partition coefficient (Wildman–Crippen LogP) is 1.80. The molecule has 1 N–H and O–H groups in total. The first-order chi connectivity index (χ1) is 3.31. The molecule has 0 radical (unpaired) electrons. The highest BCUT2D eigenvalue weighted by atomic mass is 127. The molecule has 0 saturated heterocycles. The van der Waals surface area contributed by atoms with Crippen LogP contribution in [0.15, 0.2) is 0 Å². The molecule has 0 aliphatic carbocycles. The average molecular weight is 231 g/mol. The predicted molar refractivity (Wildman–Crippen MR) is 40.7 cm³/mol. The molecule has 0 aromatic heterocycles. The summed E-state index contributed by atoms with van der Waals surface area (Å²) in [5.74, 6) is 0.842. The molecule has 0 heterocycles. The third-order valence-corrected chi connectivity index (χ3v) is 1.86. The molecular weight excluding hydrogens is 225 g/mol. The fraction of sp³-hybridized carbons (Fsp3) is 0.667. The van der Waals surface area contributed by atoms with Crippen LogP contribution in [0.25, 0.3) is 0 Å². The molecule has 2 nitrogen and oxygen atoms in total. The summed E-state index contributed by atoms with van der Waals surface area (Å²) in [5.41, 5.74) is 0. The van der Waals surface area contributed by atoms with Crippen LogP contribution < -0.4 is 3.53 Å². The van der Waals surface area contributed by atoms with Crippen molar-refractivity contribution >= 4 is 39.9 Å². The van der Waals surface area contributed by atoms with E-state index in [2.05, 4.69) is 3.53 Å². The van der Waals surface area contributed by atoms with Gasteiger partial charge in [0.2, 0.25) is 0 Å². The van der Waals surface area contributed by atoms with Crippen LogP contribution in [-0.4, -0.2) is 11.0 Å². The summed E-state index contributed by atoms with van der Waals surface area (Å²) in [4.78, 5) is 10.3. The lowest BCUT2D eigenvalue weighted by atomic mass is 11.0. The summed E-state index contributed by atoms with van der Waals surface area (Å²) in [7, 11) is 0. The number of rotatable bonds is 1. The van der Waals surface area contributed by atoms with E-state index in [-0.39, 0.29) is 5.24 Å². The molecule has 0 rings (SSSR count). The van der Waals surface area contributed by atoms with Crippen LogP contribution in [0.3, 0.4) is 0 Å². The Bertz CT molecular complexity index is 68.0. The first kappa shape index (κ1) is 7.55. The molecule has 0 unspecified atom stereocenters. The summed E-state index contributed by atoms with van der Waals surface area (Å²) in [6.07, 6.45) is 0. The van der Waals surface area contributed by atoms with Gasteiger partial charge in [-0.15, -0.1) is 0 Å². The molecule has 0 aromatic rings. The normalized spacial score (nSPS) is 8.29. The van der Waals surface area contributed by atoms with E-state index in [0.717, 1.165) is 5.75 Å². The zero-order chi connectivity index (χ0) is 5.70. The molecule has 0 spiro atoms. The highest BCUT2D eigenvalue weighted by molar-refractivity contribution is 14.1. The highest BCUT2D eigenvalue weighted by Crippen LogP contribution is 1.99. The van der Waals surface area contributed by atoms with Gasteiger partial charge in [-0.25, -0.2) is 0 Å². The van der Waals surface area contributed by atoms with Gasteiger partial charge in [0.05, 0.1) is 22.9 Å². The molecule has 0 aliphatic heterocycles. The first-order valence-corrected chi connectivity index (χ1v) is 3.91. The maximum absolute atomic E-state index is 10.3. The van der Waals surface area contributed by atoms with Crippen LogP contribution in [-0.2, 0) is 0 Å². The Morgan fingerprint density at radius 1 is 2.00 bits per heavy atom. The van der Waals surface area contributed by atoms with Crippen LogP contribution in [0, 0.1) is 0 Å². The lowest BCUT2D eigenvalue weighted by molar-refractivity contribution is 0.266. The van der Waals surface area contributed by atoms with Gasteiger partial charge in [-0.1, -0.05) is 18.7 Å². The number of thioether (sulfide) groups is 1. The Kier molecular flexibility index (Phi) is 5.07. The van der Waals surface area contributed by atoms with Gasteiger partial charge < -0.3 is 0 Å². The third kappa shape index (κ3) is 4.40. The monoisotopic (exact) mass is 231 g/mol. The Morgan fingerprint density at radius 2 is 2.57 bits per heavy atom. The SMILES string of the molecule is CCSC(=O)NI. The molecule has 4 heteroatoms. The van der Waals surface area contributed by atoms with Crippen molar-refractivity contribution in [3.63, 3.8) is 0 Å². The highest BCUT2D eigenvalue weighted by Gasteiger charge is 1.91. The second kappa shape index (κ2) is 4.70. The van der Waals surface area contributed by atoms with Gasteiger partial charge in [0.25, 0.3) is 5.24 Å². The molecule has 0 aromatic carbocycles. The fourth-order valence-electron chi connectivity index (χ4n) is 0.158. The molecule has 0 saturated carbocycles. The summed E-state index contributed by atoms with van der Waals surface area (Å²) >= 11 is 3.09. The minimum Gasteiger partial charge on any atom is -0.289 e. The molecule has 1 amide bonds. The van der Waals surface area contributed by atoms with Crippen molar-refractivity contribution in [3.05, 3.63) is 0 Å². The summed E-state index contributed by atoms with van der Waals surface area (Å²) in [6, 6.07) is 0. The Hall–Kier alpha value is 0.550. The molecule has 0 fully saturated rings. The van der Waals surface area contributed by atoms with E-state index in [1.807, 2.05) is 29.8 Å². The zero-order valence-electron chi connectivity index (χ0n) is 3.90. The largest absolute Gasteiger partial charge is 0.289 e. The molecule has 7 heavy (non-hydrogen) atoms. The van der Waals surface area contributed by atoms with E-state index >= 15 is 0 Å². The topological polar surface area (TPSA) is 29.1 Å². The molecule has 42 valence electrons. The minimum absolute atomic E-state index is 0.0306. The van der Waals surface area contributed by atoms with Crippen LogP contribution in [0.1, 0.15) is 6.92 Å². The van der Waals surface area contributed by atoms with E-state index in [0.29, 0.717) is 0 Å². The van der Waals surface area contributed by atoms with Gasteiger partial charge in [-0.2, -0.15) is 0 Å². The van der Waals surface area contributed by atoms with Gasteiger partial charge in [0, 0.05) is 0 Å². The zero-order valence-corrected chi connectivity index (χ0v) is 6.88. The number of carbonyl (C=O) groups is 1. The summed E-state index contributed by atoms with van der Waals surface area (Å²) < 4.78 is 2.46. The maximum Gasteiger partial charge on any atom is 0.287 e. The van der Waals surface area contributed by atoms with Crippen molar-refractivity contribution in [2.24, 2.45) is 0 Å². The van der Waals surface area contributed by atoms with Crippen molar-refractivity contribution in [2.45, 2.75) is 6.92 Å². The van der Waals surface area contributed by atoms with E-state index in [1.165, 1.54) is 11.8 Å². The van der Waals surface area contributed by atoms with E-state index in [4.69, 9.17) is 0 Å². The van der Waals surface area contributed by atoms with Crippen molar-refractivity contribution in [3.8, 4) is 0 Å². The van der Waals surface area contributed by atoms with E-state index < -0.39 is 0 Å². The van der Waals surface area contributed by atoms with Crippen molar-refractivity contribution < 1.29 is 4.79 Å². The fourth-order valence-corrected chi connectivity index (χ4v) is 0.942. The van der Waals surface area contributed by atoms with Gasteiger partial charge >= 0.3 is 0 Å². The van der Waals surface area contributed by atoms with Crippen molar-refractivity contribution in [1.29, 1.82) is 0 Å².